The van der Waals surface area contributed by atoms with Gasteiger partial charge in [-0.25, -0.2) is 8.78 Å². The summed E-state index contributed by atoms with van der Waals surface area (Å²) in [6.45, 7) is 2.23. The highest BCUT2D eigenvalue weighted by atomic mass is 19.1. The van der Waals surface area contributed by atoms with Gasteiger partial charge in [0.25, 0.3) is 5.91 Å². The van der Waals surface area contributed by atoms with E-state index in [4.69, 9.17) is 4.74 Å². The molecule has 0 saturated carbocycles. The highest BCUT2D eigenvalue weighted by molar-refractivity contribution is 6.04. The van der Waals surface area contributed by atoms with E-state index < -0.39 is 23.1 Å². The second kappa shape index (κ2) is 6.87. The number of halogens is 2. The Labute approximate surface area is 132 Å². The first-order valence-corrected chi connectivity index (χ1v) is 7.49. The molecule has 0 bridgehead atoms. The number of hydrogen-bond donors (Lipinski definition) is 1. The quantitative estimate of drug-likeness (QED) is 0.942. The number of amides is 1. The smallest absolute Gasteiger partial charge is 0.261 e. The van der Waals surface area contributed by atoms with E-state index in [0.29, 0.717) is 11.6 Å². The Kier molecular flexibility index (Phi) is 4.66. The molecule has 1 amide bonds. The van der Waals surface area contributed by atoms with Crippen molar-refractivity contribution in [1.82, 2.24) is 9.78 Å². The van der Waals surface area contributed by atoms with Gasteiger partial charge in [-0.05, 0) is 30.9 Å². The molecule has 1 aliphatic rings. The van der Waals surface area contributed by atoms with Crippen molar-refractivity contribution in [1.29, 1.82) is 0 Å². The normalized spacial score (nSPS) is 15.6. The number of ether oxygens (including phenoxy) is 1. The molecule has 23 heavy (non-hydrogen) atoms. The second-order valence-electron chi connectivity index (χ2n) is 5.56. The number of nitrogens with zero attached hydrogens (tertiary/aromatic N) is 2. The van der Waals surface area contributed by atoms with Gasteiger partial charge in [0.1, 0.15) is 17.2 Å². The minimum absolute atomic E-state index is 0.407. The number of hydrogen-bond acceptors (Lipinski definition) is 3. The van der Waals surface area contributed by atoms with Crippen LogP contribution in [0.2, 0.25) is 0 Å². The molecule has 2 aromatic rings. The molecule has 1 aliphatic heterocycles. The molecular formula is C16H17F2N3O2. The molecule has 3 rings (SSSR count). The van der Waals surface area contributed by atoms with Crippen LogP contribution in [-0.2, 0) is 11.3 Å². The molecule has 0 atom stereocenters. The highest BCUT2D eigenvalue weighted by Crippen LogP contribution is 2.18. The third-order valence-electron chi connectivity index (χ3n) is 3.87. The number of benzene rings is 1. The molecule has 5 nitrogen and oxygen atoms in total. The molecular weight excluding hydrogens is 304 g/mol. The molecule has 0 spiro atoms. The molecule has 1 saturated heterocycles. The van der Waals surface area contributed by atoms with Gasteiger partial charge in [-0.3, -0.25) is 9.48 Å². The van der Waals surface area contributed by atoms with Crippen molar-refractivity contribution in [3.63, 3.8) is 0 Å². The van der Waals surface area contributed by atoms with E-state index in [1.54, 1.807) is 10.9 Å². The Morgan fingerprint density at radius 2 is 2.00 bits per heavy atom. The largest absolute Gasteiger partial charge is 0.381 e. The van der Waals surface area contributed by atoms with Crippen molar-refractivity contribution >= 4 is 11.6 Å². The molecule has 7 heteroatoms. The van der Waals surface area contributed by atoms with Crippen molar-refractivity contribution in [2.24, 2.45) is 5.92 Å². The number of anilines is 1. The zero-order chi connectivity index (χ0) is 16.2. The molecule has 1 fully saturated rings. The lowest BCUT2D eigenvalue weighted by Gasteiger charge is -2.21. The van der Waals surface area contributed by atoms with Crippen LogP contribution in [0, 0.1) is 17.6 Å². The fourth-order valence-corrected chi connectivity index (χ4v) is 2.63. The van der Waals surface area contributed by atoms with Gasteiger partial charge in [0.2, 0.25) is 0 Å². The van der Waals surface area contributed by atoms with Crippen LogP contribution in [0.3, 0.4) is 0 Å². The average Bonchev–Trinajstić information content (AvgIpc) is 2.95. The molecule has 122 valence electrons. The van der Waals surface area contributed by atoms with Gasteiger partial charge in [0.05, 0.1) is 11.9 Å². The van der Waals surface area contributed by atoms with Gasteiger partial charge < -0.3 is 10.1 Å². The first-order valence-electron chi connectivity index (χ1n) is 7.49. The maximum Gasteiger partial charge on any atom is 0.261 e. The van der Waals surface area contributed by atoms with Gasteiger partial charge in [0.15, 0.2) is 0 Å². The lowest BCUT2D eigenvalue weighted by Crippen LogP contribution is -2.20. The average molecular weight is 321 g/mol. The van der Waals surface area contributed by atoms with E-state index in [2.05, 4.69) is 10.4 Å². The first kappa shape index (κ1) is 15.6. The maximum atomic E-state index is 13.6. The predicted octanol–water partition coefficient (Wildman–Crippen LogP) is 2.84. The Morgan fingerprint density at radius 1 is 1.30 bits per heavy atom. The van der Waals surface area contributed by atoms with Crippen LogP contribution < -0.4 is 5.32 Å². The third-order valence-corrected chi connectivity index (χ3v) is 3.87. The summed E-state index contributed by atoms with van der Waals surface area (Å²) in [6.07, 6.45) is 5.08. The lowest BCUT2D eigenvalue weighted by molar-refractivity contribution is 0.0601. The van der Waals surface area contributed by atoms with Crippen molar-refractivity contribution in [2.45, 2.75) is 19.4 Å². The Hall–Kier alpha value is -2.28. The molecule has 0 radical (unpaired) electrons. The summed E-state index contributed by atoms with van der Waals surface area (Å²) in [7, 11) is 0. The summed E-state index contributed by atoms with van der Waals surface area (Å²) < 4.78 is 34.2. The summed E-state index contributed by atoms with van der Waals surface area (Å²) in [5.41, 5.74) is -0.186. The standard InChI is InChI=1S/C16H17F2N3O2/c17-13-2-1-3-14(18)15(13)16(22)20-12-8-19-21(10-12)9-11-4-6-23-7-5-11/h1-3,8,10-11H,4-7,9H2,(H,20,22). The molecule has 1 aromatic heterocycles. The van der Waals surface area contributed by atoms with Crippen LogP contribution in [0.25, 0.3) is 0 Å². The van der Waals surface area contributed by atoms with Crippen LogP contribution in [0.5, 0.6) is 0 Å². The van der Waals surface area contributed by atoms with Gasteiger partial charge >= 0.3 is 0 Å². The third kappa shape index (κ3) is 3.73. The summed E-state index contributed by atoms with van der Waals surface area (Å²) >= 11 is 0. The van der Waals surface area contributed by atoms with Gasteiger partial charge in [0, 0.05) is 26.0 Å². The van der Waals surface area contributed by atoms with Crippen LogP contribution in [-0.4, -0.2) is 28.9 Å². The van der Waals surface area contributed by atoms with Crippen molar-refractivity contribution < 1.29 is 18.3 Å². The Morgan fingerprint density at radius 3 is 2.70 bits per heavy atom. The van der Waals surface area contributed by atoms with Crippen molar-refractivity contribution in [2.75, 3.05) is 18.5 Å². The number of aromatic nitrogens is 2. The van der Waals surface area contributed by atoms with E-state index in [0.717, 1.165) is 44.7 Å². The number of nitrogens with one attached hydrogen (secondary N) is 1. The highest BCUT2D eigenvalue weighted by Gasteiger charge is 2.18. The molecule has 2 heterocycles. The summed E-state index contributed by atoms with van der Waals surface area (Å²) in [5.74, 6) is -2.13. The molecule has 1 N–H and O–H groups in total. The van der Waals surface area contributed by atoms with E-state index in [1.165, 1.54) is 12.3 Å². The summed E-state index contributed by atoms with van der Waals surface area (Å²) in [6, 6.07) is 3.31. The monoisotopic (exact) mass is 321 g/mol. The van der Waals surface area contributed by atoms with Crippen LogP contribution in [0.4, 0.5) is 14.5 Å². The topological polar surface area (TPSA) is 56.2 Å². The zero-order valence-electron chi connectivity index (χ0n) is 12.5. The van der Waals surface area contributed by atoms with E-state index in [9.17, 15) is 13.6 Å². The molecule has 0 aliphatic carbocycles. The fraction of sp³-hybridized carbons (Fsp3) is 0.375. The number of carbonyl (C=O) groups is 1. The van der Waals surface area contributed by atoms with Crippen LogP contribution in [0.15, 0.2) is 30.6 Å². The van der Waals surface area contributed by atoms with E-state index in [-0.39, 0.29) is 0 Å². The number of rotatable bonds is 4. The summed E-state index contributed by atoms with van der Waals surface area (Å²) in [4.78, 5) is 12.0. The van der Waals surface area contributed by atoms with Crippen LogP contribution in [0.1, 0.15) is 23.2 Å². The SMILES string of the molecule is O=C(Nc1cnn(CC2CCOCC2)c1)c1c(F)cccc1F. The molecule has 1 aromatic carbocycles. The van der Waals surface area contributed by atoms with Gasteiger partial charge in [-0.15, -0.1) is 0 Å². The second-order valence-corrected chi connectivity index (χ2v) is 5.56. The zero-order valence-corrected chi connectivity index (χ0v) is 12.5. The number of carbonyl (C=O) groups excluding carboxylic acids is 1. The Balaban J connectivity index is 1.65. The van der Waals surface area contributed by atoms with E-state index >= 15 is 0 Å². The van der Waals surface area contributed by atoms with Crippen LogP contribution >= 0.6 is 0 Å². The molecule has 0 unspecified atom stereocenters. The van der Waals surface area contributed by atoms with E-state index in [1.807, 2.05) is 0 Å². The predicted molar refractivity (Wildman–Crippen MR) is 80.1 cm³/mol. The van der Waals surface area contributed by atoms with Gasteiger partial charge in [-0.2, -0.15) is 5.10 Å². The first-order chi connectivity index (χ1) is 11.1. The lowest BCUT2D eigenvalue weighted by atomic mass is 10.0. The van der Waals surface area contributed by atoms with Crippen molar-refractivity contribution in [3.05, 3.63) is 47.8 Å². The minimum Gasteiger partial charge on any atom is -0.381 e. The minimum atomic E-state index is -0.892. The fourth-order valence-electron chi connectivity index (χ4n) is 2.63. The maximum absolute atomic E-state index is 13.6. The Bertz CT molecular complexity index is 676. The van der Waals surface area contributed by atoms with Gasteiger partial charge in [-0.1, -0.05) is 6.07 Å². The summed E-state index contributed by atoms with van der Waals surface area (Å²) in [5, 5.41) is 6.65. The van der Waals surface area contributed by atoms with Crippen molar-refractivity contribution in [3.8, 4) is 0 Å².